The van der Waals surface area contributed by atoms with Crippen LogP contribution in [0.2, 0.25) is 0 Å². The van der Waals surface area contributed by atoms with Crippen molar-refractivity contribution in [3.8, 4) is 0 Å². The molecular weight excluding hydrogens is 186 g/mol. The van der Waals surface area contributed by atoms with Crippen LogP contribution in [0.15, 0.2) is 0 Å². The fourth-order valence-electron chi connectivity index (χ4n) is 0.451. The van der Waals surface area contributed by atoms with Crippen LogP contribution in [0.1, 0.15) is 20.8 Å². The molecule has 1 N–H and O–H groups in total. The molecule has 0 heterocycles. The Morgan fingerprint density at radius 2 is 1.82 bits per heavy atom. The first-order valence-corrected chi connectivity index (χ1v) is 5.63. The van der Waals surface area contributed by atoms with E-state index >= 15 is 0 Å². The van der Waals surface area contributed by atoms with E-state index in [1.165, 1.54) is 0 Å². The van der Waals surface area contributed by atoms with Crippen molar-refractivity contribution in [2.24, 2.45) is 5.92 Å². The Bertz CT molecular complexity index is 201. The Morgan fingerprint density at radius 1 is 1.36 bits per heavy atom. The summed E-state index contributed by atoms with van der Waals surface area (Å²) in [6.07, 6.45) is 0. The van der Waals surface area contributed by atoms with Crippen LogP contribution in [0.3, 0.4) is 0 Å². The van der Waals surface area contributed by atoms with Gasteiger partial charge in [-0.25, -0.2) is 13.1 Å². The SMILES string of the molecule is CC(C)C(C)NS(=O)(=O)CCl. The molecular formula is C6H14ClNO2S. The number of nitrogens with one attached hydrogen (secondary N) is 1. The van der Waals surface area contributed by atoms with Gasteiger partial charge in [0.05, 0.1) is 0 Å². The smallest absolute Gasteiger partial charge is 0.211 e. The Hall–Kier alpha value is 0.200. The van der Waals surface area contributed by atoms with Crippen molar-refractivity contribution < 1.29 is 8.42 Å². The van der Waals surface area contributed by atoms with E-state index < -0.39 is 10.0 Å². The van der Waals surface area contributed by atoms with Gasteiger partial charge in [0, 0.05) is 6.04 Å². The molecule has 0 rings (SSSR count). The molecule has 0 amide bonds. The van der Waals surface area contributed by atoms with Crippen LogP contribution in [0.25, 0.3) is 0 Å². The summed E-state index contributed by atoms with van der Waals surface area (Å²) in [5.41, 5.74) is 0. The minimum atomic E-state index is -3.25. The Labute approximate surface area is 73.2 Å². The van der Waals surface area contributed by atoms with Crippen LogP contribution in [0, 0.1) is 5.92 Å². The minimum absolute atomic E-state index is 0.0567. The van der Waals surface area contributed by atoms with Gasteiger partial charge in [-0.2, -0.15) is 0 Å². The molecule has 0 aromatic carbocycles. The molecule has 0 aromatic heterocycles. The maximum absolute atomic E-state index is 10.9. The topological polar surface area (TPSA) is 46.2 Å². The van der Waals surface area contributed by atoms with Gasteiger partial charge in [-0.3, -0.25) is 0 Å². The minimum Gasteiger partial charge on any atom is -0.211 e. The summed E-state index contributed by atoms with van der Waals surface area (Å²) in [6, 6.07) is -0.0567. The largest absolute Gasteiger partial charge is 0.225 e. The quantitative estimate of drug-likeness (QED) is 0.691. The molecule has 0 spiro atoms. The summed E-state index contributed by atoms with van der Waals surface area (Å²) in [5, 5.41) is -0.371. The normalized spacial score (nSPS) is 15.4. The highest BCUT2D eigenvalue weighted by molar-refractivity contribution is 7.90. The van der Waals surface area contributed by atoms with Gasteiger partial charge in [0.25, 0.3) is 0 Å². The van der Waals surface area contributed by atoms with E-state index in [-0.39, 0.29) is 17.2 Å². The van der Waals surface area contributed by atoms with E-state index in [0.717, 1.165) is 0 Å². The highest BCUT2D eigenvalue weighted by Gasteiger charge is 2.14. The van der Waals surface area contributed by atoms with Gasteiger partial charge < -0.3 is 0 Å². The Balaban J connectivity index is 4.05. The van der Waals surface area contributed by atoms with Gasteiger partial charge in [0.2, 0.25) is 10.0 Å². The molecule has 0 radical (unpaired) electrons. The van der Waals surface area contributed by atoms with E-state index in [2.05, 4.69) is 4.72 Å². The molecule has 11 heavy (non-hydrogen) atoms. The van der Waals surface area contributed by atoms with Gasteiger partial charge in [-0.1, -0.05) is 13.8 Å². The zero-order valence-electron chi connectivity index (χ0n) is 6.96. The maximum atomic E-state index is 10.9. The van der Waals surface area contributed by atoms with Crippen molar-refractivity contribution in [1.29, 1.82) is 0 Å². The molecule has 0 fully saturated rings. The standard InChI is InChI=1S/C6H14ClNO2S/c1-5(2)6(3)8-11(9,10)4-7/h5-6,8H,4H2,1-3H3. The first kappa shape index (κ1) is 11.2. The van der Waals surface area contributed by atoms with E-state index in [9.17, 15) is 8.42 Å². The summed E-state index contributed by atoms with van der Waals surface area (Å²) in [6.45, 7) is 5.71. The fraction of sp³-hybridized carbons (Fsp3) is 1.00. The van der Waals surface area contributed by atoms with Crippen molar-refractivity contribution in [1.82, 2.24) is 4.72 Å². The van der Waals surface area contributed by atoms with Crippen LogP contribution in [0.4, 0.5) is 0 Å². The Morgan fingerprint density at radius 3 is 2.09 bits per heavy atom. The lowest BCUT2D eigenvalue weighted by Crippen LogP contribution is -2.36. The lowest BCUT2D eigenvalue weighted by atomic mass is 10.1. The number of halogens is 1. The third-order valence-corrected chi connectivity index (χ3v) is 3.39. The molecule has 0 aliphatic carbocycles. The number of hydrogen-bond donors (Lipinski definition) is 1. The predicted octanol–water partition coefficient (Wildman–Crippen LogP) is 1.15. The average molecular weight is 200 g/mol. The van der Waals surface area contributed by atoms with Gasteiger partial charge in [0.1, 0.15) is 5.21 Å². The molecule has 0 saturated heterocycles. The number of sulfonamides is 1. The third-order valence-electron chi connectivity index (χ3n) is 1.51. The first-order valence-electron chi connectivity index (χ1n) is 3.45. The Kier molecular flexibility index (Phi) is 4.36. The van der Waals surface area contributed by atoms with E-state index in [1.54, 1.807) is 0 Å². The lowest BCUT2D eigenvalue weighted by molar-refractivity contribution is 0.478. The molecule has 0 aromatic rings. The van der Waals surface area contributed by atoms with Crippen molar-refractivity contribution in [3.05, 3.63) is 0 Å². The van der Waals surface area contributed by atoms with Crippen LogP contribution in [0.5, 0.6) is 0 Å². The average Bonchev–Trinajstić information content (AvgIpc) is 1.87. The predicted molar refractivity (Wildman–Crippen MR) is 47.1 cm³/mol. The molecule has 0 bridgehead atoms. The summed E-state index contributed by atoms with van der Waals surface area (Å²) < 4.78 is 24.2. The maximum Gasteiger partial charge on any atom is 0.225 e. The van der Waals surface area contributed by atoms with Crippen LogP contribution < -0.4 is 4.72 Å². The highest BCUT2D eigenvalue weighted by Crippen LogP contribution is 2.02. The first-order chi connectivity index (χ1) is 4.89. The highest BCUT2D eigenvalue weighted by atomic mass is 35.5. The van der Waals surface area contributed by atoms with Crippen LogP contribution in [-0.4, -0.2) is 19.7 Å². The number of hydrogen-bond acceptors (Lipinski definition) is 2. The van der Waals surface area contributed by atoms with Crippen molar-refractivity contribution in [2.75, 3.05) is 5.21 Å². The molecule has 1 unspecified atom stereocenters. The zero-order valence-corrected chi connectivity index (χ0v) is 8.54. The van der Waals surface area contributed by atoms with Crippen molar-refractivity contribution in [3.63, 3.8) is 0 Å². The van der Waals surface area contributed by atoms with Gasteiger partial charge in [-0.15, -0.1) is 11.6 Å². The second-order valence-corrected chi connectivity index (χ2v) is 5.21. The van der Waals surface area contributed by atoms with Crippen molar-refractivity contribution in [2.45, 2.75) is 26.8 Å². The van der Waals surface area contributed by atoms with Gasteiger partial charge in [-0.05, 0) is 12.8 Å². The second kappa shape index (κ2) is 4.28. The third kappa shape index (κ3) is 4.61. The summed E-state index contributed by atoms with van der Waals surface area (Å²) >= 11 is 5.19. The van der Waals surface area contributed by atoms with Crippen LogP contribution >= 0.6 is 11.6 Å². The molecule has 5 heteroatoms. The van der Waals surface area contributed by atoms with Crippen LogP contribution in [-0.2, 0) is 10.0 Å². The molecule has 1 atom stereocenters. The molecule has 0 aliphatic rings. The lowest BCUT2D eigenvalue weighted by Gasteiger charge is -2.15. The summed E-state index contributed by atoms with van der Waals surface area (Å²) in [4.78, 5) is 0. The number of alkyl halides is 1. The van der Waals surface area contributed by atoms with E-state index in [4.69, 9.17) is 11.6 Å². The van der Waals surface area contributed by atoms with Crippen molar-refractivity contribution >= 4 is 21.6 Å². The van der Waals surface area contributed by atoms with E-state index in [0.29, 0.717) is 0 Å². The molecule has 0 aliphatic heterocycles. The monoisotopic (exact) mass is 199 g/mol. The molecule has 0 saturated carbocycles. The summed E-state index contributed by atoms with van der Waals surface area (Å²) in [5.74, 6) is 0.285. The van der Waals surface area contributed by atoms with Gasteiger partial charge in [0.15, 0.2) is 0 Å². The zero-order chi connectivity index (χ0) is 9.07. The summed E-state index contributed by atoms with van der Waals surface area (Å²) in [7, 11) is -3.25. The molecule has 3 nitrogen and oxygen atoms in total. The number of rotatable bonds is 4. The molecule has 68 valence electrons. The second-order valence-electron chi connectivity index (χ2n) is 2.87. The van der Waals surface area contributed by atoms with E-state index in [1.807, 2.05) is 20.8 Å². The fourth-order valence-corrected chi connectivity index (χ4v) is 1.54. The van der Waals surface area contributed by atoms with Gasteiger partial charge >= 0.3 is 0 Å².